The number of amidine groups is 1. The molecule has 0 aliphatic carbocycles. The van der Waals surface area contributed by atoms with E-state index in [0.29, 0.717) is 11.2 Å². The third-order valence-electron chi connectivity index (χ3n) is 1.44. The van der Waals surface area contributed by atoms with Crippen LogP contribution in [0, 0.1) is 5.92 Å². The van der Waals surface area contributed by atoms with E-state index < -0.39 is 0 Å². The van der Waals surface area contributed by atoms with Crippen molar-refractivity contribution in [3.63, 3.8) is 0 Å². The molecule has 1 aliphatic rings. The monoisotopic (exact) mass is 144 g/mol. The lowest BCUT2D eigenvalue weighted by Crippen LogP contribution is -2.12. The first-order valence-corrected chi connectivity index (χ1v) is 4.04. The first kappa shape index (κ1) is 6.93. The van der Waals surface area contributed by atoms with Crippen LogP contribution in [0.5, 0.6) is 0 Å². The van der Waals surface area contributed by atoms with Crippen LogP contribution in [0.15, 0.2) is 4.99 Å². The van der Waals surface area contributed by atoms with Gasteiger partial charge in [-0.25, -0.2) is 0 Å². The Labute approximate surface area is 59.9 Å². The highest BCUT2D eigenvalue weighted by atomic mass is 32.2. The van der Waals surface area contributed by atoms with E-state index in [2.05, 4.69) is 18.8 Å². The van der Waals surface area contributed by atoms with Gasteiger partial charge < -0.3 is 5.73 Å². The first-order valence-electron chi connectivity index (χ1n) is 3.16. The van der Waals surface area contributed by atoms with E-state index in [1.807, 2.05) is 0 Å². The Bertz CT molecular complexity index is 131. The van der Waals surface area contributed by atoms with Gasteiger partial charge in [0.15, 0.2) is 5.17 Å². The highest BCUT2D eigenvalue weighted by Crippen LogP contribution is 2.24. The first-order chi connectivity index (χ1) is 4.20. The molecule has 0 bridgehead atoms. The molecule has 0 saturated heterocycles. The van der Waals surface area contributed by atoms with Crippen molar-refractivity contribution in [1.82, 2.24) is 0 Å². The zero-order valence-electron chi connectivity index (χ0n) is 5.79. The molecule has 0 aromatic rings. The van der Waals surface area contributed by atoms with Gasteiger partial charge in [0.1, 0.15) is 0 Å². The van der Waals surface area contributed by atoms with Crippen LogP contribution >= 0.6 is 11.8 Å². The van der Waals surface area contributed by atoms with Gasteiger partial charge in [0.2, 0.25) is 0 Å². The topological polar surface area (TPSA) is 38.4 Å². The van der Waals surface area contributed by atoms with Gasteiger partial charge in [-0.3, -0.25) is 4.99 Å². The van der Waals surface area contributed by atoms with Crippen LogP contribution in [0.25, 0.3) is 0 Å². The molecule has 2 N–H and O–H groups in total. The van der Waals surface area contributed by atoms with Crippen molar-refractivity contribution < 1.29 is 0 Å². The second-order valence-corrected chi connectivity index (χ2v) is 3.84. The van der Waals surface area contributed by atoms with Gasteiger partial charge in [0.25, 0.3) is 0 Å². The zero-order valence-corrected chi connectivity index (χ0v) is 6.61. The summed E-state index contributed by atoms with van der Waals surface area (Å²) in [5, 5.41) is 1.39. The fourth-order valence-electron chi connectivity index (χ4n) is 0.756. The Hall–Kier alpha value is -0.180. The van der Waals surface area contributed by atoms with Gasteiger partial charge >= 0.3 is 0 Å². The normalized spacial score (nSPS) is 27.0. The van der Waals surface area contributed by atoms with E-state index >= 15 is 0 Å². The predicted molar refractivity (Wildman–Crippen MR) is 42.7 cm³/mol. The van der Waals surface area contributed by atoms with Gasteiger partial charge in [-0.05, 0) is 5.92 Å². The Morgan fingerprint density at radius 2 is 2.44 bits per heavy atom. The smallest absolute Gasteiger partial charge is 0.154 e. The average Bonchev–Trinajstić information content (AvgIpc) is 2.14. The quantitative estimate of drug-likeness (QED) is 0.598. The van der Waals surface area contributed by atoms with Gasteiger partial charge in [-0.15, -0.1) is 0 Å². The molecule has 52 valence electrons. The molecule has 3 heteroatoms. The number of nitrogens with zero attached hydrogens (tertiary/aromatic N) is 1. The molecule has 0 radical (unpaired) electrons. The number of thioether (sulfide) groups is 1. The SMILES string of the molecule is CC(C)[C@@H]1CN=C(N)S1. The molecule has 0 aromatic heterocycles. The molecule has 0 fully saturated rings. The maximum Gasteiger partial charge on any atom is 0.154 e. The number of aliphatic imine (C=N–C) groups is 1. The average molecular weight is 144 g/mol. The van der Waals surface area contributed by atoms with E-state index in [1.165, 1.54) is 0 Å². The number of rotatable bonds is 1. The molecule has 0 aromatic carbocycles. The maximum atomic E-state index is 5.48. The van der Waals surface area contributed by atoms with Crippen LogP contribution in [-0.2, 0) is 0 Å². The summed E-state index contributed by atoms with van der Waals surface area (Å²) in [5.41, 5.74) is 5.48. The highest BCUT2D eigenvalue weighted by molar-refractivity contribution is 8.14. The summed E-state index contributed by atoms with van der Waals surface area (Å²) in [6, 6.07) is 0. The minimum atomic E-state index is 0.630. The molecule has 0 amide bonds. The molecule has 0 saturated carbocycles. The van der Waals surface area contributed by atoms with Crippen molar-refractivity contribution >= 4 is 16.9 Å². The number of nitrogens with two attached hydrogens (primary N) is 1. The molecule has 1 heterocycles. The molecule has 1 rings (SSSR count). The second kappa shape index (κ2) is 2.60. The fourth-order valence-corrected chi connectivity index (χ4v) is 1.64. The second-order valence-electron chi connectivity index (χ2n) is 2.58. The van der Waals surface area contributed by atoms with Crippen LogP contribution in [0.1, 0.15) is 13.8 Å². The lowest BCUT2D eigenvalue weighted by atomic mass is 10.1. The molecule has 1 aliphatic heterocycles. The molecular formula is C6H12N2S. The van der Waals surface area contributed by atoms with Crippen LogP contribution in [0.2, 0.25) is 0 Å². The van der Waals surface area contributed by atoms with Crippen molar-refractivity contribution in [2.24, 2.45) is 16.6 Å². The highest BCUT2D eigenvalue weighted by Gasteiger charge is 2.19. The Balaban J connectivity index is 2.37. The molecule has 1 atom stereocenters. The molecular weight excluding hydrogens is 132 g/mol. The summed E-state index contributed by atoms with van der Waals surface area (Å²) in [4.78, 5) is 4.10. The minimum absolute atomic E-state index is 0.630. The van der Waals surface area contributed by atoms with Crippen molar-refractivity contribution in [2.45, 2.75) is 19.1 Å². The Kier molecular flexibility index (Phi) is 2.01. The fraction of sp³-hybridized carbons (Fsp3) is 0.833. The van der Waals surface area contributed by atoms with Crippen LogP contribution in [0.3, 0.4) is 0 Å². The number of hydrogen-bond donors (Lipinski definition) is 1. The van der Waals surface area contributed by atoms with E-state index in [4.69, 9.17) is 5.73 Å². The molecule has 9 heavy (non-hydrogen) atoms. The zero-order chi connectivity index (χ0) is 6.85. The van der Waals surface area contributed by atoms with E-state index in [-0.39, 0.29) is 0 Å². The Morgan fingerprint density at radius 3 is 2.67 bits per heavy atom. The van der Waals surface area contributed by atoms with E-state index in [1.54, 1.807) is 11.8 Å². The van der Waals surface area contributed by atoms with E-state index in [0.717, 1.165) is 11.7 Å². The lowest BCUT2D eigenvalue weighted by molar-refractivity contribution is 0.621. The standard InChI is InChI=1S/C6H12N2S/c1-4(2)5-3-8-6(7)9-5/h4-5H,3H2,1-2H3,(H2,7,8)/t5-/m0/s1. The Morgan fingerprint density at radius 1 is 1.78 bits per heavy atom. The van der Waals surface area contributed by atoms with E-state index in [9.17, 15) is 0 Å². The van der Waals surface area contributed by atoms with Crippen molar-refractivity contribution in [3.05, 3.63) is 0 Å². The summed E-state index contributed by atoms with van der Waals surface area (Å²) in [6.45, 7) is 5.31. The van der Waals surface area contributed by atoms with Crippen molar-refractivity contribution in [2.75, 3.05) is 6.54 Å². The minimum Gasteiger partial charge on any atom is -0.379 e. The largest absolute Gasteiger partial charge is 0.379 e. The molecule has 0 unspecified atom stereocenters. The van der Waals surface area contributed by atoms with Crippen LogP contribution in [-0.4, -0.2) is 17.0 Å². The maximum absolute atomic E-state index is 5.48. The van der Waals surface area contributed by atoms with Crippen LogP contribution < -0.4 is 5.73 Å². The van der Waals surface area contributed by atoms with Gasteiger partial charge in [0.05, 0.1) is 6.54 Å². The summed E-state index contributed by atoms with van der Waals surface area (Å²) in [5.74, 6) is 0.694. The number of hydrogen-bond acceptors (Lipinski definition) is 3. The van der Waals surface area contributed by atoms with Gasteiger partial charge in [-0.1, -0.05) is 25.6 Å². The lowest BCUT2D eigenvalue weighted by Gasteiger charge is -2.09. The summed E-state index contributed by atoms with van der Waals surface area (Å²) in [7, 11) is 0. The summed E-state index contributed by atoms with van der Waals surface area (Å²) in [6.07, 6.45) is 0. The predicted octanol–water partition coefficient (Wildman–Crippen LogP) is 1.07. The summed E-state index contributed by atoms with van der Waals surface area (Å²) < 4.78 is 0. The summed E-state index contributed by atoms with van der Waals surface area (Å²) >= 11 is 1.70. The van der Waals surface area contributed by atoms with Crippen LogP contribution in [0.4, 0.5) is 0 Å². The van der Waals surface area contributed by atoms with Gasteiger partial charge in [0, 0.05) is 5.25 Å². The third-order valence-corrected chi connectivity index (χ3v) is 2.81. The van der Waals surface area contributed by atoms with Crippen molar-refractivity contribution in [1.29, 1.82) is 0 Å². The third kappa shape index (κ3) is 1.61. The van der Waals surface area contributed by atoms with Gasteiger partial charge in [-0.2, -0.15) is 0 Å². The molecule has 0 spiro atoms. The van der Waals surface area contributed by atoms with Crippen molar-refractivity contribution in [3.8, 4) is 0 Å². The molecule has 2 nitrogen and oxygen atoms in total.